The van der Waals surface area contributed by atoms with Crippen molar-refractivity contribution >= 4 is 34.3 Å². The third kappa shape index (κ3) is 6.64. The van der Waals surface area contributed by atoms with Gasteiger partial charge in [-0.3, -0.25) is 4.98 Å². The number of hydrogen-bond acceptors (Lipinski definition) is 3. The molecule has 0 saturated carbocycles. The van der Waals surface area contributed by atoms with Crippen molar-refractivity contribution in [3.8, 4) is 5.75 Å². The molecule has 1 heterocycles. The van der Waals surface area contributed by atoms with E-state index >= 15 is 0 Å². The lowest BCUT2D eigenvalue weighted by Gasteiger charge is -2.36. The van der Waals surface area contributed by atoms with Gasteiger partial charge in [-0.2, -0.15) is 13.2 Å². The molecule has 202 valence electrons. The minimum Gasteiger partial charge on any atom is -0.496 e. The van der Waals surface area contributed by atoms with Crippen LogP contribution >= 0.6 is 22.6 Å². The minimum atomic E-state index is -4.86. The summed E-state index contributed by atoms with van der Waals surface area (Å²) in [5.41, 5.74) is -2.52. The van der Waals surface area contributed by atoms with Crippen LogP contribution in [-0.2, 0) is 18.1 Å². The highest BCUT2D eigenvalue weighted by molar-refractivity contribution is 14.1. The molecular weight excluding hydrogens is 632 g/mol. The second-order valence-electron chi connectivity index (χ2n) is 8.57. The average molecular weight is 653 g/mol. The standard InChI is InChI=1S/C28H21F5IN3O2/c1-39-24-8-3-2-5-17(24)15-27(25-10-9-22(34)16-35-25,18-11-19(28(31,32)33)13-21(30)12-18)37-26(38)36-23-7-4-6-20(29)14-23/h2-14,16H,15H2,1H3,(H2,36,37,38)/t27-/m1/s1. The predicted molar refractivity (Wildman–Crippen MR) is 144 cm³/mol. The zero-order chi connectivity index (χ0) is 28.2. The maximum atomic E-state index is 14.8. The van der Waals surface area contributed by atoms with Crippen LogP contribution in [0.3, 0.4) is 0 Å². The van der Waals surface area contributed by atoms with Gasteiger partial charge in [-0.25, -0.2) is 13.6 Å². The second kappa shape index (κ2) is 11.6. The van der Waals surface area contributed by atoms with Gasteiger partial charge in [0.05, 0.1) is 18.4 Å². The average Bonchev–Trinajstić information content (AvgIpc) is 2.88. The topological polar surface area (TPSA) is 63.2 Å². The van der Waals surface area contributed by atoms with Crippen LogP contribution < -0.4 is 15.4 Å². The highest BCUT2D eigenvalue weighted by atomic mass is 127. The highest BCUT2D eigenvalue weighted by Gasteiger charge is 2.41. The SMILES string of the molecule is COc1ccccc1C[C@@](NC(=O)Nc1cccc(F)c1)(c1cc(F)cc(C(F)(F)F)c1)c1ccc(I)cn1. The molecule has 2 N–H and O–H groups in total. The van der Waals surface area contributed by atoms with Crippen molar-refractivity contribution in [2.45, 2.75) is 18.1 Å². The van der Waals surface area contributed by atoms with E-state index < -0.39 is 34.9 Å². The van der Waals surface area contributed by atoms with Gasteiger partial charge in [-0.05, 0) is 88.3 Å². The summed E-state index contributed by atoms with van der Waals surface area (Å²) in [4.78, 5) is 17.8. The third-order valence-electron chi connectivity index (χ3n) is 5.94. The summed E-state index contributed by atoms with van der Waals surface area (Å²) in [5.74, 6) is -1.36. The maximum absolute atomic E-state index is 14.8. The van der Waals surface area contributed by atoms with Crippen LogP contribution in [0.25, 0.3) is 0 Å². The van der Waals surface area contributed by atoms with E-state index in [2.05, 4.69) is 15.6 Å². The molecule has 2 amide bonds. The van der Waals surface area contributed by atoms with Gasteiger partial charge in [-0.1, -0.05) is 24.3 Å². The number of anilines is 1. The second-order valence-corrected chi connectivity index (χ2v) is 9.82. The van der Waals surface area contributed by atoms with Crippen molar-refractivity contribution in [1.29, 1.82) is 0 Å². The Morgan fingerprint density at radius 3 is 2.33 bits per heavy atom. The fourth-order valence-electron chi connectivity index (χ4n) is 4.21. The van der Waals surface area contributed by atoms with Gasteiger partial charge in [0.2, 0.25) is 0 Å². The Bertz CT molecular complexity index is 1480. The molecule has 4 aromatic rings. The van der Waals surface area contributed by atoms with E-state index in [1.54, 1.807) is 30.3 Å². The Morgan fingerprint density at radius 1 is 0.923 bits per heavy atom. The minimum absolute atomic E-state index is 0.101. The Labute approximate surface area is 234 Å². The molecular formula is C28H21F5IN3O2. The number of para-hydroxylation sites is 1. The molecule has 3 aromatic carbocycles. The number of aromatic nitrogens is 1. The molecule has 0 spiro atoms. The number of alkyl halides is 3. The van der Waals surface area contributed by atoms with E-state index in [1.165, 1.54) is 37.6 Å². The number of rotatable bonds is 7. The zero-order valence-electron chi connectivity index (χ0n) is 20.3. The zero-order valence-corrected chi connectivity index (χ0v) is 22.5. The number of nitrogens with one attached hydrogen (secondary N) is 2. The summed E-state index contributed by atoms with van der Waals surface area (Å²) in [7, 11) is 1.43. The lowest BCUT2D eigenvalue weighted by atomic mass is 9.79. The van der Waals surface area contributed by atoms with Crippen molar-refractivity contribution in [2.24, 2.45) is 0 Å². The van der Waals surface area contributed by atoms with Crippen LogP contribution in [-0.4, -0.2) is 18.1 Å². The normalized spacial score (nSPS) is 12.9. The smallest absolute Gasteiger partial charge is 0.416 e. The fourth-order valence-corrected chi connectivity index (χ4v) is 4.53. The van der Waals surface area contributed by atoms with Crippen LogP contribution in [0.4, 0.5) is 32.4 Å². The third-order valence-corrected chi connectivity index (χ3v) is 6.58. The van der Waals surface area contributed by atoms with Crippen LogP contribution in [0.5, 0.6) is 5.75 Å². The lowest BCUT2D eigenvalue weighted by molar-refractivity contribution is -0.137. The molecule has 0 aliphatic rings. The summed E-state index contributed by atoms with van der Waals surface area (Å²) in [5, 5.41) is 5.23. The molecule has 0 unspecified atom stereocenters. The first-order valence-electron chi connectivity index (χ1n) is 11.5. The van der Waals surface area contributed by atoms with E-state index in [0.717, 1.165) is 21.8 Å². The molecule has 0 aliphatic carbocycles. The summed E-state index contributed by atoms with van der Waals surface area (Å²) < 4.78 is 76.1. The number of amides is 2. The number of hydrogen-bond donors (Lipinski definition) is 2. The first-order chi connectivity index (χ1) is 18.5. The predicted octanol–water partition coefficient (Wildman–Crippen LogP) is 7.30. The fraction of sp³-hybridized carbons (Fsp3) is 0.143. The number of benzene rings is 3. The van der Waals surface area contributed by atoms with Crippen LogP contribution in [0.1, 0.15) is 22.4 Å². The lowest BCUT2D eigenvalue weighted by Crippen LogP contribution is -2.51. The van der Waals surface area contributed by atoms with Crippen molar-refractivity contribution < 1.29 is 31.5 Å². The highest BCUT2D eigenvalue weighted by Crippen LogP contribution is 2.39. The Kier molecular flexibility index (Phi) is 8.38. The molecule has 4 rings (SSSR count). The quantitative estimate of drug-likeness (QED) is 0.163. The summed E-state index contributed by atoms with van der Waals surface area (Å²) in [6.45, 7) is 0. The number of carbonyl (C=O) groups excluding carboxylic acids is 1. The number of ether oxygens (including phenoxy) is 1. The maximum Gasteiger partial charge on any atom is 0.416 e. The summed E-state index contributed by atoms with van der Waals surface area (Å²) in [6, 6.07) is 16.2. The van der Waals surface area contributed by atoms with Crippen molar-refractivity contribution in [3.05, 3.63) is 123 Å². The Hall–Kier alpha value is -3.74. The molecule has 1 aromatic heterocycles. The Morgan fingerprint density at radius 2 is 1.67 bits per heavy atom. The van der Waals surface area contributed by atoms with E-state index in [1.807, 2.05) is 22.6 Å². The van der Waals surface area contributed by atoms with Crippen LogP contribution in [0, 0.1) is 15.2 Å². The van der Waals surface area contributed by atoms with Gasteiger partial charge in [0.1, 0.15) is 22.9 Å². The van der Waals surface area contributed by atoms with E-state index in [9.17, 15) is 26.7 Å². The molecule has 5 nitrogen and oxygen atoms in total. The van der Waals surface area contributed by atoms with Gasteiger partial charge in [-0.15, -0.1) is 0 Å². The van der Waals surface area contributed by atoms with E-state index in [4.69, 9.17) is 4.74 Å². The first kappa shape index (κ1) is 28.3. The molecule has 0 saturated heterocycles. The largest absolute Gasteiger partial charge is 0.496 e. The number of halogens is 6. The molecule has 0 aliphatic heterocycles. The van der Waals surface area contributed by atoms with Gasteiger partial charge in [0.25, 0.3) is 0 Å². The van der Waals surface area contributed by atoms with Gasteiger partial charge >= 0.3 is 12.2 Å². The molecule has 0 bridgehead atoms. The van der Waals surface area contributed by atoms with Crippen molar-refractivity contribution in [2.75, 3.05) is 12.4 Å². The van der Waals surface area contributed by atoms with E-state index in [0.29, 0.717) is 17.4 Å². The molecule has 0 radical (unpaired) electrons. The Balaban J connectivity index is 1.95. The number of pyridine rings is 1. The number of methoxy groups -OCH3 is 1. The molecule has 11 heteroatoms. The van der Waals surface area contributed by atoms with Crippen LogP contribution in [0.2, 0.25) is 0 Å². The van der Waals surface area contributed by atoms with Crippen molar-refractivity contribution in [1.82, 2.24) is 10.3 Å². The molecule has 1 atom stereocenters. The van der Waals surface area contributed by atoms with Crippen LogP contribution in [0.15, 0.2) is 85.1 Å². The van der Waals surface area contributed by atoms with Gasteiger partial charge < -0.3 is 15.4 Å². The molecule has 0 fully saturated rings. The van der Waals surface area contributed by atoms with Gasteiger partial charge in [0.15, 0.2) is 0 Å². The molecule has 39 heavy (non-hydrogen) atoms. The summed E-state index contributed by atoms with van der Waals surface area (Å²) >= 11 is 2.01. The number of urea groups is 1. The summed E-state index contributed by atoms with van der Waals surface area (Å²) in [6.07, 6.45) is -3.55. The number of carbonyl (C=O) groups is 1. The monoisotopic (exact) mass is 653 g/mol. The van der Waals surface area contributed by atoms with Gasteiger partial charge in [0, 0.05) is 21.9 Å². The van der Waals surface area contributed by atoms with E-state index in [-0.39, 0.29) is 23.4 Å². The number of nitrogens with zero attached hydrogens (tertiary/aromatic N) is 1. The van der Waals surface area contributed by atoms with Crippen molar-refractivity contribution in [3.63, 3.8) is 0 Å². The first-order valence-corrected chi connectivity index (χ1v) is 12.5.